The van der Waals surface area contributed by atoms with Gasteiger partial charge in [0.2, 0.25) is 0 Å². The van der Waals surface area contributed by atoms with Crippen LogP contribution in [-0.4, -0.2) is 0 Å². The van der Waals surface area contributed by atoms with Crippen LogP contribution >= 0.6 is 0 Å². The molecule has 0 aliphatic heterocycles. The van der Waals surface area contributed by atoms with Crippen LogP contribution in [0.1, 0.15) is 39.5 Å². The van der Waals surface area contributed by atoms with E-state index in [9.17, 15) is 0 Å². The minimum atomic E-state index is 0. The summed E-state index contributed by atoms with van der Waals surface area (Å²) in [5.74, 6) is 0. The van der Waals surface area contributed by atoms with Crippen LogP contribution in [-0.2, 0) is 0 Å². The van der Waals surface area contributed by atoms with Crippen LogP contribution < -0.4 is 0 Å². The number of hydrogen-bond donors (Lipinski definition) is 0. The molecule has 1 rings (SSSR count). The van der Waals surface area contributed by atoms with Crippen molar-refractivity contribution in [2.24, 2.45) is 0 Å². The molecule has 0 amide bonds. The number of rotatable bonds is 2. The molecule has 0 spiro atoms. The summed E-state index contributed by atoms with van der Waals surface area (Å²) in [6, 6.07) is 0. The predicted molar refractivity (Wildman–Crippen MR) is 57.2 cm³/mol. The molecule has 0 heterocycles. The molecule has 0 nitrogen and oxygen atoms in total. The maximum Gasteiger partial charge on any atom is -0.0276 e. The Kier molecular flexibility index (Phi) is 5.44. The molecule has 0 unspecified atom stereocenters. The van der Waals surface area contributed by atoms with Crippen LogP contribution in [0, 0.1) is 0 Å². The summed E-state index contributed by atoms with van der Waals surface area (Å²) < 4.78 is 0. The molecular weight excluding hydrogens is 144 g/mol. The van der Waals surface area contributed by atoms with Crippen molar-refractivity contribution in [1.82, 2.24) is 0 Å². The zero-order chi connectivity index (χ0) is 8.10. The highest BCUT2D eigenvalue weighted by molar-refractivity contribution is 5.31. The number of hydrogen-bond acceptors (Lipinski definition) is 0. The summed E-state index contributed by atoms with van der Waals surface area (Å²) in [5, 5.41) is 0. The summed E-state index contributed by atoms with van der Waals surface area (Å²) in [6.45, 7) is 7.64. The summed E-state index contributed by atoms with van der Waals surface area (Å²) in [7, 11) is 0. The third-order valence-corrected chi connectivity index (χ3v) is 2.30. The van der Waals surface area contributed by atoms with Crippen molar-refractivity contribution in [3.8, 4) is 0 Å². The fraction of sp³-hybridized carbons (Fsp3) is 0.500. The lowest BCUT2D eigenvalue weighted by Crippen LogP contribution is -1.82. The number of allylic oxidation sites excluding steroid dienone is 4. The lowest BCUT2D eigenvalue weighted by atomic mass is 10.0. The van der Waals surface area contributed by atoms with Gasteiger partial charge in [-0.1, -0.05) is 39.2 Å². The molecule has 0 radical (unpaired) electrons. The Bertz CT molecular complexity index is 164. The largest absolute Gasteiger partial charge is 0.0988 e. The van der Waals surface area contributed by atoms with Crippen LogP contribution in [0.2, 0.25) is 0 Å². The molecule has 0 aromatic carbocycles. The van der Waals surface area contributed by atoms with Crippen molar-refractivity contribution in [3.63, 3.8) is 0 Å². The third kappa shape index (κ3) is 2.69. The lowest BCUT2D eigenvalue weighted by Gasteiger charge is -2.02. The van der Waals surface area contributed by atoms with Crippen LogP contribution in [0.25, 0.3) is 0 Å². The molecule has 0 fully saturated rings. The molecule has 0 bridgehead atoms. The van der Waals surface area contributed by atoms with Gasteiger partial charge in [-0.3, -0.25) is 0 Å². The second-order valence-corrected chi connectivity index (χ2v) is 3.02. The Morgan fingerprint density at radius 2 is 1.25 bits per heavy atom. The van der Waals surface area contributed by atoms with E-state index < -0.39 is 0 Å². The average molecular weight is 164 g/mol. The van der Waals surface area contributed by atoms with Crippen LogP contribution in [0.3, 0.4) is 0 Å². The first kappa shape index (κ1) is 11.2. The summed E-state index contributed by atoms with van der Waals surface area (Å²) in [4.78, 5) is 0. The minimum Gasteiger partial charge on any atom is -0.0988 e. The van der Waals surface area contributed by atoms with E-state index in [1.54, 1.807) is 0 Å². The van der Waals surface area contributed by atoms with E-state index >= 15 is 0 Å². The smallest absolute Gasteiger partial charge is 0.0276 e. The van der Waals surface area contributed by atoms with E-state index in [2.05, 4.69) is 13.2 Å². The normalized spacial score (nSPS) is 17.7. The van der Waals surface area contributed by atoms with Crippen LogP contribution in [0.15, 0.2) is 36.5 Å². The molecule has 12 heavy (non-hydrogen) atoms. The van der Waals surface area contributed by atoms with Gasteiger partial charge in [-0.05, 0) is 36.8 Å². The topological polar surface area (TPSA) is 0 Å². The second kappa shape index (κ2) is 5.82. The van der Waals surface area contributed by atoms with Gasteiger partial charge in [-0.2, -0.15) is 0 Å². The molecule has 1 aliphatic rings. The zero-order valence-electron chi connectivity index (χ0n) is 7.10. The Morgan fingerprint density at radius 1 is 0.833 bits per heavy atom. The molecule has 0 aromatic heterocycles. The van der Waals surface area contributed by atoms with Gasteiger partial charge in [0.25, 0.3) is 0 Å². The molecule has 0 saturated carbocycles. The van der Waals surface area contributed by atoms with Crippen molar-refractivity contribution in [2.45, 2.75) is 39.5 Å². The van der Waals surface area contributed by atoms with Crippen molar-refractivity contribution in [1.29, 1.82) is 0 Å². The summed E-state index contributed by atoms with van der Waals surface area (Å²) in [6.07, 6.45) is 10.4. The fourth-order valence-electron chi connectivity index (χ4n) is 1.60. The molecule has 0 saturated heterocycles. The summed E-state index contributed by atoms with van der Waals surface area (Å²) >= 11 is 0. The Hall–Kier alpha value is -0.780. The molecule has 68 valence electrons. The SMILES string of the molecule is C.C=CC1=C(C=C)CCCCC1. The first-order valence-corrected chi connectivity index (χ1v) is 4.35. The van der Waals surface area contributed by atoms with Gasteiger partial charge < -0.3 is 0 Å². The monoisotopic (exact) mass is 164 g/mol. The predicted octanol–water partition coefficient (Wildman–Crippen LogP) is 4.26. The van der Waals surface area contributed by atoms with E-state index in [-0.39, 0.29) is 7.43 Å². The molecule has 0 aromatic rings. The Balaban J connectivity index is 0.00000121. The van der Waals surface area contributed by atoms with E-state index in [4.69, 9.17) is 0 Å². The zero-order valence-corrected chi connectivity index (χ0v) is 7.10. The molecular formula is C12H20. The highest BCUT2D eigenvalue weighted by atomic mass is 14.1. The van der Waals surface area contributed by atoms with Gasteiger partial charge in [-0.25, -0.2) is 0 Å². The quantitative estimate of drug-likeness (QED) is 0.572. The lowest BCUT2D eigenvalue weighted by molar-refractivity contribution is 0.710. The van der Waals surface area contributed by atoms with Crippen LogP contribution in [0.5, 0.6) is 0 Å². The molecule has 1 aliphatic carbocycles. The average Bonchev–Trinajstić information content (AvgIpc) is 2.27. The molecule has 0 N–H and O–H groups in total. The molecule has 0 heteroatoms. The van der Waals surface area contributed by atoms with Gasteiger partial charge >= 0.3 is 0 Å². The van der Waals surface area contributed by atoms with Gasteiger partial charge in [0.1, 0.15) is 0 Å². The summed E-state index contributed by atoms with van der Waals surface area (Å²) in [5.41, 5.74) is 2.83. The van der Waals surface area contributed by atoms with E-state index in [0.717, 1.165) is 0 Å². The van der Waals surface area contributed by atoms with E-state index in [1.807, 2.05) is 12.2 Å². The van der Waals surface area contributed by atoms with Crippen molar-refractivity contribution in [2.75, 3.05) is 0 Å². The first-order valence-electron chi connectivity index (χ1n) is 4.35. The fourth-order valence-corrected chi connectivity index (χ4v) is 1.60. The van der Waals surface area contributed by atoms with E-state index in [1.165, 1.54) is 43.3 Å². The van der Waals surface area contributed by atoms with Gasteiger partial charge in [0.15, 0.2) is 0 Å². The van der Waals surface area contributed by atoms with Crippen LogP contribution in [0.4, 0.5) is 0 Å². The first-order chi connectivity index (χ1) is 5.38. The minimum absolute atomic E-state index is 0. The van der Waals surface area contributed by atoms with Gasteiger partial charge in [0, 0.05) is 0 Å². The maximum atomic E-state index is 3.82. The van der Waals surface area contributed by atoms with E-state index in [0.29, 0.717) is 0 Å². The highest BCUT2D eigenvalue weighted by Crippen LogP contribution is 2.24. The third-order valence-electron chi connectivity index (χ3n) is 2.30. The Labute approximate surface area is 76.7 Å². The van der Waals surface area contributed by atoms with Crippen molar-refractivity contribution >= 4 is 0 Å². The second-order valence-electron chi connectivity index (χ2n) is 3.02. The van der Waals surface area contributed by atoms with Gasteiger partial charge in [-0.15, -0.1) is 0 Å². The van der Waals surface area contributed by atoms with Gasteiger partial charge in [0.05, 0.1) is 0 Å². The maximum absolute atomic E-state index is 3.82. The van der Waals surface area contributed by atoms with Crippen molar-refractivity contribution in [3.05, 3.63) is 36.5 Å². The Morgan fingerprint density at radius 3 is 1.58 bits per heavy atom. The standard InChI is InChI=1S/C11H16.CH4/c1-3-10-8-6-5-7-9-11(10)4-2;/h3-4H,1-2,5-9H2;1H4. The van der Waals surface area contributed by atoms with Crippen molar-refractivity contribution < 1.29 is 0 Å². The highest BCUT2D eigenvalue weighted by Gasteiger charge is 2.05. The molecule has 0 atom stereocenters.